The predicted octanol–water partition coefficient (Wildman–Crippen LogP) is 3.74. The summed E-state index contributed by atoms with van der Waals surface area (Å²) in [5, 5.41) is 0. The zero-order chi connectivity index (χ0) is 24.2. The highest BCUT2D eigenvalue weighted by Crippen LogP contribution is 2.20. The van der Waals surface area contributed by atoms with Gasteiger partial charge in [0.05, 0.1) is 30.1 Å². The Hall–Kier alpha value is -3.45. The number of hydrogen-bond donors (Lipinski definition) is 0. The molecule has 0 aliphatic carbocycles. The summed E-state index contributed by atoms with van der Waals surface area (Å²) in [4.78, 5) is 33.0. The first-order chi connectivity index (χ1) is 16.3. The number of hydrogen-bond acceptors (Lipinski definition) is 5. The van der Waals surface area contributed by atoms with E-state index in [-0.39, 0.29) is 35.7 Å². The molecular formula is C27H31N3O4. The van der Waals surface area contributed by atoms with E-state index in [2.05, 4.69) is 4.98 Å². The lowest BCUT2D eigenvalue weighted by atomic mass is 10.1. The molecule has 0 unspecified atom stereocenters. The summed E-state index contributed by atoms with van der Waals surface area (Å²) in [6.07, 6.45) is 1.54. The highest BCUT2D eigenvalue weighted by molar-refractivity contribution is 5.95. The number of rotatable bonds is 6. The van der Waals surface area contributed by atoms with Crippen LogP contribution in [0.1, 0.15) is 46.9 Å². The molecule has 1 aliphatic rings. The zero-order valence-electron chi connectivity index (χ0n) is 20.2. The standard InChI is InChI=1S/C27H31N3O4/c1-18-8-10-23(11-9-18)33-17-24-26(27(32)29-14-20(3)34-21(4)15-29)25(31)13-19(2)30(24)16-22-7-5-6-12-28-22/h5-13,20-21H,14-17H2,1-4H3/t20-,21+. The highest BCUT2D eigenvalue weighted by atomic mass is 16.5. The number of morpholine rings is 1. The Bertz CT molecular complexity index is 1200. The van der Waals surface area contributed by atoms with Crippen LogP contribution in [0.4, 0.5) is 0 Å². The molecule has 1 saturated heterocycles. The van der Waals surface area contributed by atoms with Crippen LogP contribution in [-0.2, 0) is 17.9 Å². The third-order valence-corrected chi connectivity index (χ3v) is 5.99. The highest BCUT2D eigenvalue weighted by Gasteiger charge is 2.30. The summed E-state index contributed by atoms with van der Waals surface area (Å²) < 4.78 is 13.8. The number of carbonyl (C=O) groups excluding carboxylic acids is 1. The molecule has 1 amide bonds. The number of aryl methyl sites for hydroxylation is 2. The Morgan fingerprint density at radius 2 is 1.79 bits per heavy atom. The lowest BCUT2D eigenvalue weighted by Gasteiger charge is -2.35. The summed E-state index contributed by atoms with van der Waals surface area (Å²) >= 11 is 0. The average Bonchev–Trinajstić information content (AvgIpc) is 2.80. The topological polar surface area (TPSA) is 73.7 Å². The largest absolute Gasteiger partial charge is 0.487 e. The Morgan fingerprint density at radius 3 is 2.44 bits per heavy atom. The van der Waals surface area contributed by atoms with Crippen molar-refractivity contribution in [2.24, 2.45) is 0 Å². The van der Waals surface area contributed by atoms with E-state index in [0.717, 1.165) is 17.0 Å². The second-order valence-electron chi connectivity index (χ2n) is 8.95. The molecule has 4 rings (SSSR count). The molecule has 0 bridgehead atoms. The molecule has 0 saturated carbocycles. The van der Waals surface area contributed by atoms with Gasteiger partial charge in [0.15, 0.2) is 5.43 Å². The summed E-state index contributed by atoms with van der Waals surface area (Å²) in [6.45, 7) is 9.14. The van der Waals surface area contributed by atoms with Crippen LogP contribution in [0.3, 0.4) is 0 Å². The van der Waals surface area contributed by atoms with Crippen LogP contribution in [0.2, 0.25) is 0 Å². The van der Waals surface area contributed by atoms with Crippen molar-refractivity contribution in [1.82, 2.24) is 14.5 Å². The van der Waals surface area contributed by atoms with Crippen LogP contribution < -0.4 is 10.2 Å². The van der Waals surface area contributed by atoms with Crippen LogP contribution in [0, 0.1) is 13.8 Å². The smallest absolute Gasteiger partial charge is 0.259 e. The Labute approximate surface area is 200 Å². The Morgan fingerprint density at radius 1 is 1.09 bits per heavy atom. The van der Waals surface area contributed by atoms with Crippen LogP contribution >= 0.6 is 0 Å². The first-order valence-corrected chi connectivity index (χ1v) is 11.6. The summed E-state index contributed by atoms with van der Waals surface area (Å²) in [5.74, 6) is 0.389. The first-order valence-electron chi connectivity index (χ1n) is 11.6. The molecule has 178 valence electrons. The number of carbonyl (C=O) groups is 1. The van der Waals surface area contributed by atoms with Crippen molar-refractivity contribution >= 4 is 5.91 Å². The predicted molar refractivity (Wildman–Crippen MR) is 130 cm³/mol. The second kappa shape index (κ2) is 10.2. The van der Waals surface area contributed by atoms with Gasteiger partial charge in [-0.2, -0.15) is 0 Å². The van der Waals surface area contributed by atoms with Gasteiger partial charge >= 0.3 is 0 Å². The van der Waals surface area contributed by atoms with E-state index in [9.17, 15) is 9.59 Å². The van der Waals surface area contributed by atoms with Gasteiger partial charge in [0.1, 0.15) is 17.9 Å². The molecule has 1 aliphatic heterocycles. The summed E-state index contributed by atoms with van der Waals surface area (Å²) in [7, 11) is 0. The van der Waals surface area contributed by atoms with Crippen molar-refractivity contribution in [3.63, 3.8) is 0 Å². The number of nitrogens with zero attached hydrogens (tertiary/aromatic N) is 3. The normalized spacial score (nSPS) is 18.1. The first kappa shape index (κ1) is 23.7. The van der Waals surface area contributed by atoms with Crippen molar-refractivity contribution < 1.29 is 14.3 Å². The average molecular weight is 462 g/mol. The van der Waals surface area contributed by atoms with Crippen molar-refractivity contribution in [3.8, 4) is 5.75 Å². The molecule has 1 aromatic carbocycles. The van der Waals surface area contributed by atoms with Crippen LogP contribution in [-0.4, -0.2) is 45.7 Å². The van der Waals surface area contributed by atoms with Gasteiger partial charge in [0, 0.05) is 31.0 Å². The number of benzene rings is 1. The lowest BCUT2D eigenvalue weighted by molar-refractivity contribution is -0.0587. The van der Waals surface area contributed by atoms with Gasteiger partial charge in [-0.1, -0.05) is 23.8 Å². The van der Waals surface area contributed by atoms with Crippen LogP contribution in [0.25, 0.3) is 0 Å². The Balaban J connectivity index is 1.76. The number of ether oxygens (including phenoxy) is 2. The van der Waals surface area contributed by atoms with Crippen LogP contribution in [0.15, 0.2) is 59.5 Å². The van der Waals surface area contributed by atoms with Gasteiger partial charge in [-0.3, -0.25) is 14.6 Å². The van der Waals surface area contributed by atoms with Crippen molar-refractivity contribution in [2.75, 3.05) is 13.1 Å². The molecule has 7 heteroatoms. The van der Waals surface area contributed by atoms with Crippen molar-refractivity contribution in [3.05, 3.63) is 93.2 Å². The molecule has 3 heterocycles. The van der Waals surface area contributed by atoms with E-state index in [1.165, 1.54) is 6.07 Å². The Kier molecular flexibility index (Phi) is 7.12. The lowest BCUT2D eigenvalue weighted by Crippen LogP contribution is -2.49. The monoisotopic (exact) mass is 461 g/mol. The number of aromatic nitrogens is 2. The third kappa shape index (κ3) is 5.37. The molecule has 3 aromatic rings. The molecule has 0 radical (unpaired) electrons. The molecule has 0 N–H and O–H groups in total. The van der Waals surface area contributed by atoms with E-state index < -0.39 is 0 Å². The van der Waals surface area contributed by atoms with Gasteiger partial charge in [0.2, 0.25) is 0 Å². The number of pyridine rings is 2. The minimum Gasteiger partial charge on any atom is -0.487 e. The SMILES string of the molecule is Cc1ccc(OCc2c(C(=O)N3C[C@@H](C)O[C@@H](C)C3)c(=O)cc(C)n2Cc2ccccn2)cc1. The molecule has 34 heavy (non-hydrogen) atoms. The maximum Gasteiger partial charge on any atom is 0.259 e. The van der Waals surface area contributed by atoms with E-state index in [1.807, 2.05) is 74.7 Å². The molecule has 7 nitrogen and oxygen atoms in total. The minimum atomic E-state index is -0.297. The van der Waals surface area contributed by atoms with Gasteiger partial charge in [0.25, 0.3) is 5.91 Å². The summed E-state index contributed by atoms with van der Waals surface area (Å²) in [6, 6.07) is 14.9. The van der Waals surface area contributed by atoms with E-state index in [4.69, 9.17) is 9.47 Å². The molecule has 0 spiro atoms. The second-order valence-corrected chi connectivity index (χ2v) is 8.95. The fraction of sp³-hybridized carbons (Fsp3) is 0.370. The fourth-order valence-electron chi connectivity index (χ4n) is 4.37. The van der Waals surface area contributed by atoms with Crippen molar-refractivity contribution in [1.29, 1.82) is 0 Å². The zero-order valence-corrected chi connectivity index (χ0v) is 20.2. The van der Waals surface area contributed by atoms with Gasteiger partial charge in [-0.15, -0.1) is 0 Å². The molecule has 2 aromatic heterocycles. The van der Waals surface area contributed by atoms with Gasteiger partial charge < -0.3 is 18.9 Å². The fourth-order valence-corrected chi connectivity index (χ4v) is 4.37. The van der Waals surface area contributed by atoms with Crippen LogP contribution in [0.5, 0.6) is 5.75 Å². The molecule has 2 atom stereocenters. The van der Waals surface area contributed by atoms with Gasteiger partial charge in [-0.05, 0) is 52.0 Å². The van der Waals surface area contributed by atoms with E-state index in [1.54, 1.807) is 11.1 Å². The van der Waals surface area contributed by atoms with E-state index in [0.29, 0.717) is 31.1 Å². The minimum absolute atomic E-state index is 0.0866. The van der Waals surface area contributed by atoms with Gasteiger partial charge in [-0.25, -0.2) is 0 Å². The maximum atomic E-state index is 13.7. The maximum absolute atomic E-state index is 13.7. The summed E-state index contributed by atoms with van der Waals surface area (Å²) in [5.41, 5.74) is 3.11. The molecular weight excluding hydrogens is 430 g/mol. The van der Waals surface area contributed by atoms with Crippen molar-refractivity contribution in [2.45, 2.75) is 53.1 Å². The molecule has 1 fully saturated rings. The number of amides is 1. The quantitative estimate of drug-likeness (QED) is 0.559. The van der Waals surface area contributed by atoms with E-state index >= 15 is 0 Å². The third-order valence-electron chi connectivity index (χ3n) is 5.99.